The van der Waals surface area contributed by atoms with Crippen LogP contribution in [0.1, 0.15) is 23.3 Å². The van der Waals surface area contributed by atoms with E-state index in [0.29, 0.717) is 0 Å². The summed E-state index contributed by atoms with van der Waals surface area (Å²) in [6.07, 6.45) is 5.22. The standard InChI is InChI=1S/C18H13O/c1-2-7-13(8-3-1)14-10-6-12-17-18(14)15-9-4-5-11-16(15)19-17/h1-9,11-12H,10H2. The van der Waals surface area contributed by atoms with Gasteiger partial charge in [0.2, 0.25) is 0 Å². The fourth-order valence-corrected chi connectivity index (χ4v) is 2.78. The zero-order valence-corrected chi connectivity index (χ0v) is 10.5. The Labute approximate surface area is 112 Å². The van der Waals surface area contributed by atoms with Gasteiger partial charge in [-0.1, -0.05) is 54.6 Å². The second kappa shape index (κ2) is 4.13. The highest BCUT2D eigenvalue weighted by molar-refractivity contribution is 5.89. The van der Waals surface area contributed by atoms with Crippen LogP contribution in [0, 0.1) is 5.92 Å². The molecule has 0 saturated heterocycles. The molecule has 0 amide bonds. The SMILES string of the molecule is C1=Cc2oc3ccccc3c2[C](c2ccccc2)C1. The highest BCUT2D eigenvalue weighted by atomic mass is 16.3. The summed E-state index contributed by atoms with van der Waals surface area (Å²) in [6.45, 7) is 0. The van der Waals surface area contributed by atoms with Gasteiger partial charge in [0.05, 0.1) is 0 Å². The number of para-hydroxylation sites is 1. The average Bonchev–Trinajstić information content (AvgIpc) is 2.86. The first-order valence-corrected chi connectivity index (χ1v) is 6.53. The molecule has 1 heteroatoms. The molecule has 1 aliphatic carbocycles. The van der Waals surface area contributed by atoms with Gasteiger partial charge in [-0.2, -0.15) is 0 Å². The molecule has 1 aromatic heterocycles. The molecular weight excluding hydrogens is 232 g/mol. The summed E-state index contributed by atoms with van der Waals surface area (Å²) in [5.41, 5.74) is 3.50. The maximum Gasteiger partial charge on any atom is 0.135 e. The molecule has 0 fully saturated rings. The van der Waals surface area contributed by atoms with Gasteiger partial charge in [0.25, 0.3) is 0 Å². The number of hydrogen-bond acceptors (Lipinski definition) is 1. The highest BCUT2D eigenvalue weighted by Gasteiger charge is 2.25. The van der Waals surface area contributed by atoms with Gasteiger partial charge < -0.3 is 4.42 Å². The number of hydrogen-bond donors (Lipinski definition) is 0. The smallest absolute Gasteiger partial charge is 0.135 e. The second-order valence-corrected chi connectivity index (χ2v) is 4.79. The van der Waals surface area contributed by atoms with E-state index in [1.54, 1.807) is 0 Å². The first-order chi connectivity index (χ1) is 9.43. The Kier molecular flexibility index (Phi) is 2.31. The lowest BCUT2D eigenvalue weighted by Gasteiger charge is -2.18. The third-order valence-electron chi connectivity index (χ3n) is 3.64. The van der Waals surface area contributed by atoms with Crippen molar-refractivity contribution < 1.29 is 4.42 Å². The van der Waals surface area contributed by atoms with Crippen molar-refractivity contribution in [2.75, 3.05) is 0 Å². The van der Waals surface area contributed by atoms with Crippen LogP contribution in [0.3, 0.4) is 0 Å². The van der Waals surface area contributed by atoms with E-state index in [2.05, 4.69) is 54.6 Å². The van der Waals surface area contributed by atoms with Crippen molar-refractivity contribution in [1.29, 1.82) is 0 Å². The van der Waals surface area contributed by atoms with Crippen LogP contribution in [-0.4, -0.2) is 0 Å². The van der Waals surface area contributed by atoms with E-state index in [-0.39, 0.29) is 0 Å². The topological polar surface area (TPSA) is 13.1 Å². The van der Waals surface area contributed by atoms with E-state index in [9.17, 15) is 0 Å². The summed E-state index contributed by atoms with van der Waals surface area (Å²) < 4.78 is 5.93. The zero-order valence-electron chi connectivity index (χ0n) is 10.5. The lowest BCUT2D eigenvalue weighted by Crippen LogP contribution is -2.04. The summed E-state index contributed by atoms with van der Waals surface area (Å²) >= 11 is 0. The Bertz CT molecular complexity index is 750. The minimum absolute atomic E-state index is 0.959. The Balaban J connectivity index is 1.97. The molecule has 1 aliphatic rings. The van der Waals surface area contributed by atoms with Crippen molar-refractivity contribution in [2.45, 2.75) is 6.42 Å². The van der Waals surface area contributed by atoms with Crippen LogP contribution in [-0.2, 0) is 0 Å². The van der Waals surface area contributed by atoms with Gasteiger partial charge in [0.15, 0.2) is 0 Å². The Morgan fingerprint density at radius 1 is 0.842 bits per heavy atom. The van der Waals surface area contributed by atoms with Crippen molar-refractivity contribution in [3.63, 3.8) is 0 Å². The van der Waals surface area contributed by atoms with Crippen LogP contribution >= 0.6 is 0 Å². The molecule has 4 rings (SSSR count). The Hall–Kier alpha value is -2.28. The van der Waals surface area contributed by atoms with E-state index < -0.39 is 0 Å². The highest BCUT2D eigenvalue weighted by Crippen LogP contribution is 2.40. The molecule has 0 N–H and O–H groups in total. The number of furan rings is 1. The average molecular weight is 245 g/mol. The number of rotatable bonds is 1. The molecular formula is C18H13O. The zero-order chi connectivity index (χ0) is 12.7. The molecule has 1 heterocycles. The van der Waals surface area contributed by atoms with Crippen molar-refractivity contribution in [3.8, 4) is 0 Å². The molecule has 3 aromatic rings. The van der Waals surface area contributed by atoms with Crippen LogP contribution in [0.4, 0.5) is 0 Å². The summed E-state index contributed by atoms with van der Waals surface area (Å²) in [5.74, 6) is 2.33. The van der Waals surface area contributed by atoms with Crippen LogP contribution in [0.25, 0.3) is 17.0 Å². The molecule has 91 valence electrons. The van der Waals surface area contributed by atoms with Gasteiger partial charge in [-0.15, -0.1) is 0 Å². The fraction of sp³-hybridized carbons (Fsp3) is 0.0556. The molecule has 2 aromatic carbocycles. The minimum atomic E-state index is 0.959. The summed E-state index contributed by atoms with van der Waals surface area (Å²) in [6, 6.07) is 18.8. The van der Waals surface area contributed by atoms with Gasteiger partial charge in [-0.05, 0) is 24.1 Å². The number of fused-ring (bicyclic) bond motifs is 3. The molecule has 1 nitrogen and oxygen atoms in total. The molecule has 0 spiro atoms. The fourth-order valence-electron chi connectivity index (χ4n) is 2.78. The van der Waals surface area contributed by atoms with E-state index in [1.165, 1.54) is 22.4 Å². The first kappa shape index (κ1) is 10.6. The van der Waals surface area contributed by atoms with Crippen LogP contribution in [0.15, 0.2) is 65.1 Å². The summed E-state index contributed by atoms with van der Waals surface area (Å²) in [5, 5.41) is 1.21. The molecule has 0 unspecified atom stereocenters. The van der Waals surface area contributed by atoms with Gasteiger partial charge >= 0.3 is 0 Å². The van der Waals surface area contributed by atoms with Crippen molar-refractivity contribution >= 4 is 17.0 Å². The number of allylic oxidation sites excluding steroid dienone is 1. The van der Waals surface area contributed by atoms with E-state index in [4.69, 9.17) is 4.42 Å². The Morgan fingerprint density at radius 3 is 2.53 bits per heavy atom. The molecule has 0 saturated carbocycles. The van der Waals surface area contributed by atoms with Crippen molar-refractivity contribution in [3.05, 3.63) is 83.5 Å². The third kappa shape index (κ3) is 1.62. The molecule has 0 atom stereocenters. The lowest BCUT2D eigenvalue weighted by molar-refractivity contribution is 0.598. The van der Waals surface area contributed by atoms with E-state index in [1.807, 2.05) is 12.1 Å². The van der Waals surface area contributed by atoms with Crippen molar-refractivity contribution in [1.82, 2.24) is 0 Å². The van der Waals surface area contributed by atoms with Gasteiger partial charge in [0, 0.05) is 16.9 Å². The molecule has 19 heavy (non-hydrogen) atoms. The predicted molar refractivity (Wildman–Crippen MR) is 77.8 cm³/mol. The molecule has 0 bridgehead atoms. The summed E-state index contributed by atoms with van der Waals surface area (Å²) in [7, 11) is 0. The third-order valence-corrected chi connectivity index (χ3v) is 3.64. The molecule has 1 radical (unpaired) electrons. The maximum atomic E-state index is 5.93. The largest absolute Gasteiger partial charge is 0.456 e. The monoisotopic (exact) mass is 245 g/mol. The number of benzene rings is 2. The quantitative estimate of drug-likeness (QED) is 0.599. The maximum absolute atomic E-state index is 5.93. The van der Waals surface area contributed by atoms with Crippen molar-refractivity contribution in [2.24, 2.45) is 0 Å². The van der Waals surface area contributed by atoms with Crippen LogP contribution in [0.2, 0.25) is 0 Å². The Morgan fingerprint density at radius 2 is 1.63 bits per heavy atom. The normalized spacial score (nSPS) is 14.7. The second-order valence-electron chi connectivity index (χ2n) is 4.79. The van der Waals surface area contributed by atoms with Crippen LogP contribution in [0.5, 0.6) is 0 Å². The predicted octanol–water partition coefficient (Wildman–Crippen LogP) is 4.82. The van der Waals surface area contributed by atoms with Gasteiger partial charge in [-0.3, -0.25) is 0 Å². The first-order valence-electron chi connectivity index (χ1n) is 6.53. The van der Waals surface area contributed by atoms with E-state index in [0.717, 1.165) is 17.8 Å². The van der Waals surface area contributed by atoms with Gasteiger partial charge in [0.1, 0.15) is 11.3 Å². The lowest BCUT2D eigenvalue weighted by atomic mass is 9.84. The minimum Gasteiger partial charge on any atom is -0.456 e. The molecule has 0 aliphatic heterocycles. The van der Waals surface area contributed by atoms with Gasteiger partial charge in [-0.25, -0.2) is 0 Å². The van der Waals surface area contributed by atoms with E-state index >= 15 is 0 Å². The summed E-state index contributed by atoms with van der Waals surface area (Å²) in [4.78, 5) is 0. The van der Waals surface area contributed by atoms with Crippen LogP contribution < -0.4 is 0 Å².